The third kappa shape index (κ3) is 3.36. The highest BCUT2D eigenvalue weighted by atomic mass is 16.5. The molecule has 2 rings (SSSR count). The highest BCUT2D eigenvalue weighted by Crippen LogP contribution is 2.28. The number of nitrogens with one attached hydrogen (secondary N) is 1. The molecule has 1 aromatic carbocycles. The molecule has 0 saturated carbocycles. The molecule has 0 radical (unpaired) electrons. The average molecular weight is 275 g/mol. The summed E-state index contributed by atoms with van der Waals surface area (Å²) in [6, 6.07) is 7.76. The lowest BCUT2D eigenvalue weighted by Crippen LogP contribution is -2.19. The maximum absolute atomic E-state index is 5.59. The van der Waals surface area contributed by atoms with E-state index in [0.29, 0.717) is 18.3 Å². The van der Waals surface area contributed by atoms with Gasteiger partial charge in [0, 0.05) is 0 Å². The van der Waals surface area contributed by atoms with E-state index >= 15 is 0 Å². The number of rotatable bonds is 7. The van der Waals surface area contributed by atoms with Crippen LogP contribution in [0.5, 0.6) is 5.75 Å². The zero-order valence-corrected chi connectivity index (χ0v) is 12.2. The van der Waals surface area contributed by atoms with Crippen LogP contribution in [0.2, 0.25) is 0 Å². The molecule has 5 heteroatoms. The second-order valence-electron chi connectivity index (χ2n) is 4.56. The lowest BCUT2D eigenvalue weighted by molar-refractivity contribution is 0.336. The van der Waals surface area contributed by atoms with Crippen LogP contribution in [0.1, 0.15) is 39.1 Å². The molecule has 0 aliphatic heterocycles. The number of hydrogen-bond donors (Lipinski definition) is 1. The third-order valence-corrected chi connectivity index (χ3v) is 2.94. The summed E-state index contributed by atoms with van der Waals surface area (Å²) in [4.78, 5) is 4.46. The van der Waals surface area contributed by atoms with Gasteiger partial charge in [0.05, 0.1) is 18.2 Å². The van der Waals surface area contributed by atoms with E-state index in [4.69, 9.17) is 9.26 Å². The molecule has 0 aliphatic rings. The summed E-state index contributed by atoms with van der Waals surface area (Å²) in [5.41, 5.74) is 0.854. The smallest absolute Gasteiger partial charge is 0.243 e. The van der Waals surface area contributed by atoms with Gasteiger partial charge in [-0.15, -0.1) is 0 Å². The van der Waals surface area contributed by atoms with Gasteiger partial charge < -0.3 is 14.6 Å². The molecule has 1 unspecified atom stereocenters. The first kappa shape index (κ1) is 14.5. The van der Waals surface area contributed by atoms with Crippen LogP contribution in [0.25, 0.3) is 11.4 Å². The van der Waals surface area contributed by atoms with E-state index in [2.05, 4.69) is 22.4 Å². The second-order valence-corrected chi connectivity index (χ2v) is 4.56. The maximum Gasteiger partial charge on any atom is 0.243 e. The number of benzene rings is 1. The lowest BCUT2D eigenvalue weighted by atomic mass is 10.2. The summed E-state index contributed by atoms with van der Waals surface area (Å²) in [7, 11) is 0. The van der Waals surface area contributed by atoms with Crippen molar-refractivity contribution in [2.45, 2.75) is 33.2 Å². The predicted molar refractivity (Wildman–Crippen MR) is 77.6 cm³/mol. The van der Waals surface area contributed by atoms with Crippen LogP contribution in [0.3, 0.4) is 0 Å². The predicted octanol–water partition coefficient (Wildman–Crippen LogP) is 3.20. The summed E-state index contributed by atoms with van der Waals surface area (Å²) in [6.07, 6.45) is 1.07. The van der Waals surface area contributed by atoms with Crippen LogP contribution in [-0.2, 0) is 0 Å². The Labute approximate surface area is 119 Å². The van der Waals surface area contributed by atoms with Crippen LogP contribution in [0.4, 0.5) is 0 Å². The summed E-state index contributed by atoms with van der Waals surface area (Å²) in [5.74, 6) is 1.94. The van der Waals surface area contributed by atoms with Crippen LogP contribution in [0.15, 0.2) is 28.8 Å². The Morgan fingerprint density at radius 3 is 2.85 bits per heavy atom. The van der Waals surface area contributed by atoms with Gasteiger partial charge in [-0.2, -0.15) is 4.98 Å². The van der Waals surface area contributed by atoms with E-state index in [0.717, 1.165) is 24.3 Å². The van der Waals surface area contributed by atoms with Crippen molar-refractivity contribution in [1.29, 1.82) is 0 Å². The molecule has 1 atom stereocenters. The lowest BCUT2D eigenvalue weighted by Gasteiger charge is -2.07. The van der Waals surface area contributed by atoms with Gasteiger partial charge in [-0.05, 0) is 38.9 Å². The van der Waals surface area contributed by atoms with Gasteiger partial charge in [0.1, 0.15) is 5.75 Å². The van der Waals surface area contributed by atoms with E-state index in [1.807, 2.05) is 38.1 Å². The Morgan fingerprint density at radius 2 is 2.10 bits per heavy atom. The molecule has 1 heterocycles. The largest absolute Gasteiger partial charge is 0.493 e. The minimum Gasteiger partial charge on any atom is -0.493 e. The van der Waals surface area contributed by atoms with Crippen LogP contribution >= 0.6 is 0 Å². The van der Waals surface area contributed by atoms with Gasteiger partial charge >= 0.3 is 0 Å². The Kier molecular flexibility index (Phi) is 5.12. The van der Waals surface area contributed by atoms with Crippen molar-refractivity contribution < 1.29 is 9.26 Å². The van der Waals surface area contributed by atoms with Crippen LogP contribution in [-0.4, -0.2) is 23.3 Å². The van der Waals surface area contributed by atoms with Crippen molar-refractivity contribution in [3.05, 3.63) is 30.2 Å². The van der Waals surface area contributed by atoms with Gasteiger partial charge in [0.2, 0.25) is 11.7 Å². The summed E-state index contributed by atoms with van der Waals surface area (Å²) in [5, 5.41) is 7.38. The molecule has 0 spiro atoms. The minimum absolute atomic E-state index is 0.0513. The molecular formula is C15H21N3O2. The van der Waals surface area contributed by atoms with Crippen molar-refractivity contribution in [3.63, 3.8) is 0 Å². The normalized spacial score (nSPS) is 12.3. The molecule has 0 bridgehead atoms. The van der Waals surface area contributed by atoms with E-state index in [-0.39, 0.29) is 6.04 Å². The van der Waals surface area contributed by atoms with Crippen LogP contribution < -0.4 is 10.1 Å². The average Bonchev–Trinajstić information content (AvgIpc) is 2.95. The standard InChI is InChI=1S/C15H21N3O2/c1-4-10-16-11(3)15-17-14(18-20-15)12-8-6-7-9-13(12)19-5-2/h6-9,11,16H,4-5,10H2,1-3H3. The molecule has 1 aromatic heterocycles. The van der Waals surface area contributed by atoms with Gasteiger partial charge in [-0.3, -0.25) is 0 Å². The first-order valence-electron chi connectivity index (χ1n) is 7.05. The number of hydrogen-bond acceptors (Lipinski definition) is 5. The van der Waals surface area contributed by atoms with Crippen molar-refractivity contribution in [3.8, 4) is 17.1 Å². The number of ether oxygens (including phenoxy) is 1. The first-order valence-corrected chi connectivity index (χ1v) is 7.05. The Bertz CT molecular complexity index is 539. The molecule has 2 aromatic rings. The number of aromatic nitrogens is 2. The van der Waals surface area contributed by atoms with Crippen molar-refractivity contribution in [2.24, 2.45) is 0 Å². The van der Waals surface area contributed by atoms with Gasteiger partial charge in [0.15, 0.2) is 0 Å². The Balaban J connectivity index is 2.20. The van der Waals surface area contributed by atoms with E-state index in [9.17, 15) is 0 Å². The second kappa shape index (κ2) is 7.05. The Morgan fingerprint density at radius 1 is 1.30 bits per heavy atom. The molecule has 20 heavy (non-hydrogen) atoms. The monoisotopic (exact) mass is 275 g/mol. The molecule has 5 nitrogen and oxygen atoms in total. The van der Waals surface area contributed by atoms with Gasteiger partial charge in [-0.25, -0.2) is 0 Å². The van der Waals surface area contributed by atoms with E-state index in [1.165, 1.54) is 0 Å². The van der Waals surface area contributed by atoms with Crippen molar-refractivity contribution >= 4 is 0 Å². The van der Waals surface area contributed by atoms with Gasteiger partial charge in [-0.1, -0.05) is 24.2 Å². The zero-order valence-electron chi connectivity index (χ0n) is 12.2. The fraction of sp³-hybridized carbons (Fsp3) is 0.467. The number of nitrogens with zero attached hydrogens (tertiary/aromatic N) is 2. The highest BCUT2D eigenvalue weighted by Gasteiger charge is 2.16. The fourth-order valence-corrected chi connectivity index (χ4v) is 1.90. The molecule has 0 saturated heterocycles. The maximum atomic E-state index is 5.59. The Hall–Kier alpha value is -1.88. The first-order chi connectivity index (χ1) is 9.76. The summed E-state index contributed by atoms with van der Waals surface area (Å²) < 4.78 is 10.9. The summed E-state index contributed by atoms with van der Waals surface area (Å²) >= 11 is 0. The number of para-hydroxylation sites is 1. The molecule has 1 N–H and O–H groups in total. The fourth-order valence-electron chi connectivity index (χ4n) is 1.90. The molecule has 0 amide bonds. The molecule has 108 valence electrons. The topological polar surface area (TPSA) is 60.2 Å². The van der Waals surface area contributed by atoms with E-state index < -0.39 is 0 Å². The van der Waals surface area contributed by atoms with Crippen LogP contribution in [0, 0.1) is 0 Å². The van der Waals surface area contributed by atoms with E-state index in [1.54, 1.807) is 0 Å². The van der Waals surface area contributed by atoms with Crippen molar-refractivity contribution in [2.75, 3.05) is 13.2 Å². The third-order valence-electron chi connectivity index (χ3n) is 2.94. The molecule has 0 fully saturated rings. The minimum atomic E-state index is 0.0513. The highest BCUT2D eigenvalue weighted by molar-refractivity contribution is 5.63. The quantitative estimate of drug-likeness (QED) is 0.840. The van der Waals surface area contributed by atoms with Gasteiger partial charge in [0.25, 0.3) is 0 Å². The van der Waals surface area contributed by atoms with Crippen molar-refractivity contribution in [1.82, 2.24) is 15.5 Å². The molecule has 0 aliphatic carbocycles. The SMILES string of the molecule is CCCNC(C)c1nc(-c2ccccc2OCC)no1. The summed E-state index contributed by atoms with van der Waals surface area (Å²) in [6.45, 7) is 7.62. The molecular weight excluding hydrogens is 254 g/mol. The zero-order chi connectivity index (χ0) is 14.4.